The average Bonchev–Trinajstić information content (AvgIpc) is 3.15. The van der Waals surface area contributed by atoms with E-state index in [2.05, 4.69) is 38.4 Å². The lowest BCUT2D eigenvalue weighted by molar-refractivity contribution is -0.00697. The minimum atomic E-state index is -0.359. The zero-order chi connectivity index (χ0) is 23.9. The van der Waals surface area contributed by atoms with Gasteiger partial charge in [0.15, 0.2) is 11.6 Å². The van der Waals surface area contributed by atoms with Crippen molar-refractivity contribution in [2.45, 2.75) is 44.2 Å². The highest BCUT2D eigenvalue weighted by atomic mass is 19.1. The fraction of sp³-hybridized carbons (Fsp3) is 0.481. The molecule has 2 N–H and O–H groups in total. The summed E-state index contributed by atoms with van der Waals surface area (Å²) in [6.45, 7) is 4.60. The Morgan fingerprint density at radius 3 is 2.83 bits per heavy atom. The van der Waals surface area contributed by atoms with E-state index in [0.717, 1.165) is 55.6 Å². The molecule has 3 aromatic rings. The summed E-state index contributed by atoms with van der Waals surface area (Å²) in [7, 11) is 1.66. The molecule has 0 atom stereocenters. The first-order valence-electron chi connectivity index (χ1n) is 12.7. The number of carbonyl (C=O) groups is 1. The lowest BCUT2D eigenvalue weighted by Crippen LogP contribution is -2.48. The number of H-pyrrole nitrogens is 1. The highest BCUT2D eigenvalue weighted by Crippen LogP contribution is 2.41. The Bertz CT molecular complexity index is 1250. The van der Waals surface area contributed by atoms with Crippen LogP contribution in [0.3, 0.4) is 0 Å². The second-order valence-electron chi connectivity index (χ2n) is 10.0. The van der Waals surface area contributed by atoms with Crippen LogP contribution < -0.4 is 5.32 Å². The van der Waals surface area contributed by atoms with Crippen molar-refractivity contribution in [2.24, 2.45) is 0 Å². The number of hydrogen-bond donors (Lipinski definition) is 2. The van der Waals surface area contributed by atoms with Gasteiger partial charge in [0.2, 0.25) is 0 Å². The van der Waals surface area contributed by atoms with Gasteiger partial charge in [-0.25, -0.2) is 9.37 Å². The van der Waals surface area contributed by atoms with Crippen LogP contribution in [0.4, 0.5) is 10.2 Å². The number of halogens is 1. The van der Waals surface area contributed by atoms with Crippen LogP contribution in [0, 0.1) is 5.82 Å². The number of anilines is 1. The molecule has 184 valence electrons. The summed E-state index contributed by atoms with van der Waals surface area (Å²) < 4.78 is 20.5. The lowest BCUT2D eigenvalue weighted by Gasteiger charge is -2.44. The number of hydrogen-bond acceptors (Lipinski definition) is 5. The third-order valence-corrected chi connectivity index (χ3v) is 7.98. The smallest absolute Gasteiger partial charge is 0.270 e. The predicted octanol–water partition coefficient (Wildman–Crippen LogP) is 3.91. The summed E-state index contributed by atoms with van der Waals surface area (Å²) in [5.41, 5.74) is 4.33. The first-order chi connectivity index (χ1) is 17.1. The Morgan fingerprint density at radius 1 is 1.20 bits per heavy atom. The number of pyridine rings is 1. The van der Waals surface area contributed by atoms with Crippen molar-refractivity contribution >= 4 is 22.6 Å². The van der Waals surface area contributed by atoms with E-state index in [1.54, 1.807) is 18.1 Å². The minimum absolute atomic E-state index is 0.0890. The third-order valence-electron chi connectivity index (χ3n) is 7.98. The number of rotatable bonds is 4. The van der Waals surface area contributed by atoms with Crippen molar-refractivity contribution in [1.82, 2.24) is 19.8 Å². The van der Waals surface area contributed by atoms with Gasteiger partial charge in [-0.15, -0.1) is 0 Å². The predicted molar refractivity (Wildman–Crippen MR) is 133 cm³/mol. The molecule has 2 fully saturated rings. The topological polar surface area (TPSA) is 73.5 Å². The number of nitrogens with zero attached hydrogens (tertiary/aromatic N) is 3. The van der Waals surface area contributed by atoms with Gasteiger partial charge in [0, 0.05) is 61.9 Å². The summed E-state index contributed by atoms with van der Waals surface area (Å²) in [5, 5.41) is 3.83. The number of carbonyl (C=O) groups excluding carboxylic acids is 1. The monoisotopic (exact) mass is 477 g/mol. The van der Waals surface area contributed by atoms with Crippen LogP contribution in [0.2, 0.25) is 0 Å². The summed E-state index contributed by atoms with van der Waals surface area (Å²) >= 11 is 0. The van der Waals surface area contributed by atoms with Gasteiger partial charge in [0.25, 0.3) is 5.91 Å². The minimum Gasteiger partial charge on any atom is -0.379 e. The summed E-state index contributed by atoms with van der Waals surface area (Å²) in [4.78, 5) is 25.3. The zero-order valence-electron chi connectivity index (χ0n) is 20.1. The van der Waals surface area contributed by atoms with Crippen LogP contribution in [0.1, 0.15) is 52.4 Å². The molecular weight excluding hydrogens is 445 g/mol. The Balaban J connectivity index is 1.18. The van der Waals surface area contributed by atoms with Crippen molar-refractivity contribution in [2.75, 3.05) is 45.2 Å². The molecule has 8 heteroatoms. The molecule has 2 aromatic heterocycles. The molecule has 2 aliphatic heterocycles. The largest absolute Gasteiger partial charge is 0.379 e. The fourth-order valence-electron chi connectivity index (χ4n) is 5.81. The Morgan fingerprint density at radius 2 is 2.03 bits per heavy atom. The van der Waals surface area contributed by atoms with Crippen LogP contribution in [-0.4, -0.2) is 71.6 Å². The maximum atomic E-state index is 15.0. The van der Waals surface area contributed by atoms with Gasteiger partial charge in [-0.3, -0.25) is 9.69 Å². The van der Waals surface area contributed by atoms with Gasteiger partial charge in [-0.05, 0) is 54.9 Å². The van der Waals surface area contributed by atoms with Crippen LogP contribution in [0.25, 0.3) is 10.9 Å². The highest BCUT2D eigenvalue weighted by Gasteiger charge is 2.35. The molecule has 6 rings (SSSR count). The second-order valence-corrected chi connectivity index (χ2v) is 10.0. The Hall–Kier alpha value is -2.97. The van der Waals surface area contributed by atoms with E-state index in [-0.39, 0.29) is 24.1 Å². The van der Waals surface area contributed by atoms with Crippen molar-refractivity contribution < 1.29 is 13.9 Å². The number of aromatic amines is 1. The van der Waals surface area contributed by atoms with E-state index in [0.29, 0.717) is 29.8 Å². The van der Waals surface area contributed by atoms with Crippen LogP contribution >= 0.6 is 0 Å². The van der Waals surface area contributed by atoms with E-state index in [1.807, 2.05) is 6.07 Å². The molecule has 0 spiro atoms. The molecule has 1 aromatic carbocycles. The number of benzene rings is 1. The summed E-state index contributed by atoms with van der Waals surface area (Å²) in [5.74, 6) is 0.341. The molecule has 3 aliphatic rings. The molecule has 7 nitrogen and oxygen atoms in total. The van der Waals surface area contributed by atoms with Gasteiger partial charge < -0.3 is 19.9 Å². The molecule has 1 aliphatic carbocycles. The second kappa shape index (κ2) is 9.24. The van der Waals surface area contributed by atoms with E-state index in [9.17, 15) is 9.18 Å². The van der Waals surface area contributed by atoms with E-state index >= 15 is 0 Å². The highest BCUT2D eigenvalue weighted by molar-refractivity contribution is 5.98. The molecule has 0 unspecified atom stereocenters. The molecule has 1 saturated heterocycles. The normalized spacial score (nSPS) is 23.0. The molecule has 35 heavy (non-hydrogen) atoms. The molecular formula is C27H32FN5O2. The summed E-state index contributed by atoms with van der Waals surface area (Å²) in [6, 6.07) is 9.10. The third kappa shape index (κ3) is 4.19. The first-order valence-corrected chi connectivity index (χ1v) is 12.7. The maximum Gasteiger partial charge on any atom is 0.270 e. The molecule has 4 heterocycles. The number of fused-ring (bicyclic) bond motifs is 2. The summed E-state index contributed by atoms with van der Waals surface area (Å²) in [6.07, 6.45) is 5.60. The van der Waals surface area contributed by atoms with Crippen LogP contribution in [0.5, 0.6) is 0 Å². The molecule has 0 radical (unpaired) electrons. The van der Waals surface area contributed by atoms with Crippen LogP contribution in [-0.2, 0) is 17.7 Å². The average molecular weight is 478 g/mol. The zero-order valence-corrected chi connectivity index (χ0v) is 20.1. The van der Waals surface area contributed by atoms with Crippen LogP contribution in [0.15, 0.2) is 30.5 Å². The van der Waals surface area contributed by atoms with Crippen molar-refractivity contribution in [3.63, 3.8) is 0 Å². The first kappa shape index (κ1) is 22.5. The van der Waals surface area contributed by atoms with E-state index in [1.165, 1.54) is 18.4 Å². The van der Waals surface area contributed by atoms with E-state index in [4.69, 9.17) is 4.74 Å². The van der Waals surface area contributed by atoms with Crippen molar-refractivity contribution in [3.8, 4) is 0 Å². The maximum absolute atomic E-state index is 15.0. The lowest BCUT2D eigenvalue weighted by atomic mass is 9.75. The van der Waals surface area contributed by atoms with Gasteiger partial charge in [0.05, 0.1) is 13.2 Å². The van der Waals surface area contributed by atoms with E-state index < -0.39 is 0 Å². The van der Waals surface area contributed by atoms with Gasteiger partial charge in [0.1, 0.15) is 5.69 Å². The number of ether oxygens (including phenoxy) is 1. The number of aromatic nitrogens is 2. The number of amides is 1. The molecule has 1 saturated carbocycles. The Labute approximate surface area is 204 Å². The molecule has 1 amide bonds. The molecule has 0 bridgehead atoms. The quantitative estimate of drug-likeness (QED) is 0.596. The van der Waals surface area contributed by atoms with Gasteiger partial charge in [-0.1, -0.05) is 12.1 Å². The van der Waals surface area contributed by atoms with Crippen molar-refractivity contribution in [3.05, 3.63) is 58.7 Å². The SMILES string of the molecule is CNc1ncc2c(c1F)CN(C(=O)c1cc3ccc(C4CC(N5CCOCC5)C4)cc3[nH]1)CCC2. The fourth-order valence-corrected chi connectivity index (χ4v) is 5.81. The number of aryl methyl sites for hydroxylation is 1. The van der Waals surface area contributed by atoms with Gasteiger partial charge in [-0.2, -0.15) is 0 Å². The standard InChI is InChI=1S/C27H32FN5O2/c1-29-26-25(28)22-16-33(6-2-3-19(22)15-30-26)27(34)24-14-18-5-4-17(13-23(18)31-24)20-11-21(12-20)32-7-9-35-10-8-32/h4-5,13-15,20-21,31H,2-3,6-12,16H2,1H3,(H,29,30). The van der Waals surface area contributed by atoms with Crippen molar-refractivity contribution in [1.29, 1.82) is 0 Å². The van der Waals surface area contributed by atoms with Gasteiger partial charge >= 0.3 is 0 Å². The Kier molecular flexibility index (Phi) is 5.94. The number of nitrogens with one attached hydrogen (secondary N) is 2. The number of morpholine rings is 1.